The summed E-state index contributed by atoms with van der Waals surface area (Å²) in [6.45, 7) is 0.365. The summed E-state index contributed by atoms with van der Waals surface area (Å²) in [7, 11) is -3.88. The summed E-state index contributed by atoms with van der Waals surface area (Å²) in [4.78, 5) is 17.0. The summed E-state index contributed by atoms with van der Waals surface area (Å²) in [6, 6.07) is 39.5. The maximum absolute atomic E-state index is 14.0. The molecule has 6 aromatic rings. The van der Waals surface area contributed by atoms with E-state index in [1.165, 1.54) is 16.4 Å². The van der Waals surface area contributed by atoms with Crippen LogP contribution in [0, 0.1) is 0 Å². The van der Waals surface area contributed by atoms with Crippen LogP contribution in [0.1, 0.15) is 32.6 Å². The number of hydrogen-bond donors (Lipinski definition) is 1. The van der Waals surface area contributed by atoms with Crippen molar-refractivity contribution >= 4 is 15.9 Å². The number of nitrogens with one attached hydrogen (secondary N) is 1. The molecule has 1 N–H and O–H groups in total. The lowest BCUT2D eigenvalue weighted by atomic mass is 10.0. The Morgan fingerprint density at radius 1 is 0.620 bits per heavy atom. The van der Waals surface area contributed by atoms with Crippen molar-refractivity contribution in [2.45, 2.75) is 30.7 Å². The normalized spacial score (nSPS) is 11.8. The molecule has 6 nitrogen and oxygen atoms in total. The minimum absolute atomic E-state index is 0.0900. The van der Waals surface area contributed by atoms with Crippen LogP contribution < -0.4 is 5.32 Å². The second-order valence-electron chi connectivity index (χ2n) is 11.7. The molecule has 0 aliphatic rings. The number of pyridine rings is 1. The smallest absolute Gasteiger partial charge is 0.348 e. The van der Waals surface area contributed by atoms with E-state index in [-0.39, 0.29) is 30.4 Å². The number of rotatable bonds is 11. The molecule has 0 atom stereocenters. The van der Waals surface area contributed by atoms with Gasteiger partial charge in [-0.2, -0.15) is 17.5 Å². The average Bonchev–Trinajstić information content (AvgIpc) is 3.14. The largest absolute Gasteiger partial charge is 0.416 e. The summed E-state index contributed by atoms with van der Waals surface area (Å²) in [5.74, 6) is -0.351. The number of halogens is 3. The fraction of sp³-hybridized carbons (Fsp3) is 0.100. The molecule has 6 rings (SSSR count). The van der Waals surface area contributed by atoms with Gasteiger partial charge in [0.15, 0.2) is 0 Å². The van der Waals surface area contributed by atoms with Crippen molar-refractivity contribution in [3.63, 3.8) is 0 Å². The van der Waals surface area contributed by atoms with Gasteiger partial charge < -0.3 is 5.32 Å². The Morgan fingerprint density at radius 3 is 1.74 bits per heavy atom. The highest BCUT2D eigenvalue weighted by Crippen LogP contribution is 2.29. The van der Waals surface area contributed by atoms with Crippen molar-refractivity contribution < 1.29 is 26.4 Å². The van der Waals surface area contributed by atoms with E-state index < -0.39 is 21.8 Å². The van der Waals surface area contributed by atoms with Gasteiger partial charge in [-0.15, -0.1) is 0 Å². The molecule has 0 saturated carbocycles. The van der Waals surface area contributed by atoms with Gasteiger partial charge in [-0.1, -0.05) is 97.1 Å². The van der Waals surface area contributed by atoms with E-state index in [2.05, 4.69) is 10.3 Å². The molecule has 0 bridgehead atoms. The molecule has 1 heterocycles. The number of sulfonamides is 1. The third-order valence-corrected chi connectivity index (χ3v) is 10.0. The van der Waals surface area contributed by atoms with Crippen molar-refractivity contribution in [1.29, 1.82) is 0 Å². The maximum Gasteiger partial charge on any atom is 0.416 e. The van der Waals surface area contributed by atoms with Gasteiger partial charge in [0.1, 0.15) is 0 Å². The number of benzene rings is 5. The predicted molar refractivity (Wildman–Crippen MR) is 187 cm³/mol. The fourth-order valence-electron chi connectivity index (χ4n) is 5.44. The molecule has 10 heteroatoms. The van der Waals surface area contributed by atoms with Gasteiger partial charge in [-0.05, 0) is 81.4 Å². The van der Waals surface area contributed by atoms with Crippen LogP contribution >= 0.6 is 0 Å². The molecule has 5 aromatic carbocycles. The van der Waals surface area contributed by atoms with Gasteiger partial charge in [0, 0.05) is 37.6 Å². The Kier molecular flexibility index (Phi) is 10.2. The number of hydrogen-bond acceptors (Lipinski definition) is 4. The molecular formula is C40H32F3N3O3S. The van der Waals surface area contributed by atoms with Crippen molar-refractivity contribution in [2.24, 2.45) is 0 Å². The zero-order chi connectivity index (χ0) is 35.1. The number of aromatic nitrogens is 1. The first-order chi connectivity index (χ1) is 24.1. The van der Waals surface area contributed by atoms with E-state index in [9.17, 15) is 26.4 Å². The predicted octanol–water partition coefficient (Wildman–Crippen LogP) is 8.76. The van der Waals surface area contributed by atoms with Crippen LogP contribution in [-0.2, 0) is 35.8 Å². The lowest BCUT2D eigenvalue weighted by Gasteiger charge is -2.23. The highest BCUT2D eigenvalue weighted by Gasteiger charge is 2.30. The summed E-state index contributed by atoms with van der Waals surface area (Å²) in [6.07, 6.45) is -1.11. The van der Waals surface area contributed by atoms with Crippen LogP contribution in [0.5, 0.6) is 0 Å². The Balaban J connectivity index is 1.13. The van der Waals surface area contributed by atoms with Crippen LogP contribution in [-0.4, -0.2) is 23.6 Å². The lowest BCUT2D eigenvalue weighted by molar-refractivity contribution is -0.137. The SMILES string of the molecule is O=C(NCc1ccc(C(F)(F)F)cc1)c1ccc(-c2ccc(CN(Cc3cccnc3)S(=O)(=O)c3ccc(-c4ccccc4)cc3)cc2)cc1. The Hall–Kier alpha value is -5.58. The molecule has 0 saturated heterocycles. The first-order valence-electron chi connectivity index (χ1n) is 15.7. The lowest BCUT2D eigenvalue weighted by Crippen LogP contribution is -2.30. The number of alkyl halides is 3. The van der Waals surface area contributed by atoms with Crippen LogP contribution in [0.4, 0.5) is 13.2 Å². The van der Waals surface area contributed by atoms with Crippen molar-refractivity contribution in [3.8, 4) is 22.3 Å². The van der Waals surface area contributed by atoms with Gasteiger partial charge >= 0.3 is 6.18 Å². The van der Waals surface area contributed by atoms with Gasteiger partial charge in [0.2, 0.25) is 10.0 Å². The molecule has 1 aromatic heterocycles. The van der Waals surface area contributed by atoms with E-state index >= 15 is 0 Å². The first-order valence-corrected chi connectivity index (χ1v) is 17.2. The molecule has 0 spiro atoms. The van der Waals surface area contributed by atoms with Crippen LogP contribution in [0.15, 0.2) is 157 Å². The van der Waals surface area contributed by atoms with Gasteiger partial charge in [-0.25, -0.2) is 8.42 Å². The summed E-state index contributed by atoms with van der Waals surface area (Å²) in [5.41, 5.74) is 5.43. The van der Waals surface area contributed by atoms with E-state index in [0.29, 0.717) is 11.1 Å². The Bertz CT molecular complexity index is 2140. The maximum atomic E-state index is 14.0. The highest BCUT2D eigenvalue weighted by molar-refractivity contribution is 7.89. The first kappa shape index (κ1) is 34.3. The molecule has 50 heavy (non-hydrogen) atoms. The van der Waals surface area contributed by atoms with Crippen LogP contribution in [0.3, 0.4) is 0 Å². The van der Waals surface area contributed by atoms with Crippen molar-refractivity contribution in [3.05, 3.63) is 180 Å². The quantitative estimate of drug-likeness (QED) is 0.147. The fourth-order valence-corrected chi connectivity index (χ4v) is 6.85. The third kappa shape index (κ3) is 8.34. The average molecular weight is 692 g/mol. The van der Waals surface area contributed by atoms with Crippen LogP contribution in [0.2, 0.25) is 0 Å². The summed E-state index contributed by atoms with van der Waals surface area (Å²) in [5, 5.41) is 2.73. The monoisotopic (exact) mass is 691 g/mol. The molecule has 0 aliphatic heterocycles. The molecular weight excluding hydrogens is 660 g/mol. The highest BCUT2D eigenvalue weighted by atomic mass is 32.2. The summed E-state index contributed by atoms with van der Waals surface area (Å²) < 4.78 is 67.8. The van der Waals surface area contributed by atoms with Gasteiger partial charge in [0.05, 0.1) is 10.5 Å². The zero-order valence-corrected chi connectivity index (χ0v) is 27.5. The minimum atomic E-state index is -4.41. The molecule has 1 amide bonds. The zero-order valence-electron chi connectivity index (χ0n) is 26.7. The third-order valence-electron chi connectivity index (χ3n) is 8.21. The Morgan fingerprint density at radius 2 is 1.16 bits per heavy atom. The molecule has 0 unspecified atom stereocenters. The van der Waals surface area contributed by atoms with Crippen molar-refractivity contribution in [1.82, 2.24) is 14.6 Å². The summed E-state index contributed by atoms with van der Waals surface area (Å²) >= 11 is 0. The van der Waals surface area contributed by atoms with Gasteiger partial charge in [-0.3, -0.25) is 9.78 Å². The molecule has 252 valence electrons. The van der Waals surface area contributed by atoms with E-state index in [4.69, 9.17) is 0 Å². The molecule has 0 fully saturated rings. The van der Waals surface area contributed by atoms with Crippen LogP contribution in [0.25, 0.3) is 22.3 Å². The molecule has 0 radical (unpaired) electrons. The number of amides is 1. The van der Waals surface area contributed by atoms with Crippen molar-refractivity contribution in [2.75, 3.05) is 0 Å². The van der Waals surface area contributed by atoms with E-state index in [0.717, 1.165) is 45.5 Å². The second kappa shape index (κ2) is 14.9. The van der Waals surface area contributed by atoms with E-state index in [1.54, 1.807) is 54.9 Å². The molecule has 0 aliphatic carbocycles. The number of nitrogens with zero attached hydrogens (tertiary/aromatic N) is 2. The number of carbonyl (C=O) groups excluding carboxylic acids is 1. The Labute approximate surface area is 288 Å². The van der Waals surface area contributed by atoms with E-state index in [1.807, 2.05) is 72.8 Å². The topological polar surface area (TPSA) is 79.4 Å². The second-order valence-corrected chi connectivity index (χ2v) is 13.6. The minimum Gasteiger partial charge on any atom is -0.348 e. The number of carbonyl (C=O) groups is 1. The van der Waals surface area contributed by atoms with Gasteiger partial charge in [0.25, 0.3) is 5.91 Å². The standard InChI is InChI=1S/C40H32F3N3O3S/c41-40(42,43)37-20-10-29(11-21-37)26-45-39(47)36-16-14-34(15-17-36)33-12-8-30(9-13-33)27-46(28-31-5-4-24-44-25-31)50(48,49)38-22-18-35(19-23-38)32-6-2-1-3-7-32/h1-25H,26-28H2,(H,45,47).